The maximum absolute atomic E-state index is 14.0. The van der Waals surface area contributed by atoms with Gasteiger partial charge in [0.05, 0.1) is 23.7 Å². The maximum Gasteiger partial charge on any atom is 0.300 e. The molecule has 33 heavy (non-hydrogen) atoms. The van der Waals surface area contributed by atoms with E-state index in [2.05, 4.69) is 0 Å². The van der Waals surface area contributed by atoms with Crippen molar-refractivity contribution in [3.05, 3.63) is 94.0 Å². The molecule has 1 aliphatic heterocycles. The number of phenols is 1. The zero-order chi connectivity index (χ0) is 23.9. The standard InChI is InChI=1S/C24H16ClF2NO5/c1-33-19-9-4-13(10-16(19)25)22(30)20-21(12-2-6-15(29)7-3-12)28(24(32)23(20)31)14-5-8-17(26)18(27)11-14/h2-11,21,29-30H,1H3/b22-20+. The minimum atomic E-state index is -1.21. The van der Waals surface area contributed by atoms with Crippen molar-refractivity contribution in [2.24, 2.45) is 0 Å². The minimum absolute atomic E-state index is 0.0644. The van der Waals surface area contributed by atoms with Crippen molar-refractivity contribution in [3.63, 3.8) is 0 Å². The molecule has 2 N–H and O–H groups in total. The number of nitrogens with zero attached hydrogens (tertiary/aromatic N) is 1. The maximum atomic E-state index is 14.0. The van der Waals surface area contributed by atoms with Crippen molar-refractivity contribution in [1.82, 2.24) is 0 Å². The van der Waals surface area contributed by atoms with E-state index in [0.29, 0.717) is 11.3 Å². The van der Waals surface area contributed by atoms with E-state index in [1.807, 2.05) is 0 Å². The van der Waals surface area contributed by atoms with Gasteiger partial charge in [0, 0.05) is 17.3 Å². The van der Waals surface area contributed by atoms with Crippen molar-refractivity contribution in [3.8, 4) is 11.5 Å². The summed E-state index contributed by atoms with van der Waals surface area (Å²) in [7, 11) is 1.42. The van der Waals surface area contributed by atoms with Gasteiger partial charge >= 0.3 is 0 Å². The highest BCUT2D eigenvalue weighted by atomic mass is 35.5. The zero-order valence-corrected chi connectivity index (χ0v) is 17.8. The van der Waals surface area contributed by atoms with Gasteiger partial charge in [0.2, 0.25) is 0 Å². The number of carbonyl (C=O) groups is 2. The van der Waals surface area contributed by atoms with E-state index in [4.69, 9.17) is 16.3 Å². The molecule has 3 aromatic carbocycles. The fraction of sp³-hybridized carbons (Fsp3) is 0.0833. The van der Waals surface area contributed by atoms with Crippen molar-refractivity contribution < 1.29 is 33.3 Å². The number of aliphatic hydroxyl groups is 1. The monoisotopic (exact) mass is 471 g/mol. The van der Waals surface area contributed by atoms with Gasteiger partial charge in [0.15, 0.2) is 11.6 Å². The van der Waals surface area contributed by atoms with Crippen LogP contribution < -0.4 is 9.64 Å². The Bertz CT molecular complexity index is 1310. The SMILES string of the molecule is COc1ccc(/C(O)=C2\C(=O)C(=O)N(c3ccc(F)c(F)c3)C2c2ccc(O)cc2)cc1Cl. The molecule has 1 saturated heterocycles. The Hall–Kier alpha value is -3.91. The third-order valence-corrected chi connectivity index (χ3v) is 5.56. The molecular weight excluding hydrogens is 456 g/mol. The highest BCUT2D eigenvalue weighted by Gasteiger charge is 2.47. The number of ether oxygens (including phenoxy) is 1. The lowest BCUT2D eigenvalue weighted by atomic mass is 9.95. The predicted octanol–water partition coefficient (Wildman–Crippen LogP) is 4.96. The van der Waals surface area contributed by atoms with Gasteiger partial charge in [-0.15, -0.1) is 0 Å². The Morgan fingerprint density at radius 3 is 2.30 bits per heavy atom. The van der Waals surface area contributed by atoms with Crippen LogP contribution in [-0.2, 0) is 9.59 Å². The summed E-state index contributed by atoms with van der Waals surface area (Å²) >= 11 is 6.15. The lowest BCUT2D eigenvalue weighted by molar-refractivity contribution is -0.132. The van der Waals surface area contributed by atoms with E-state index < -0.39 is 35.1 Å². The largest absolute Gasteiger partial charge is 0.508 e. The summed E-state index contributed by atoms with van der Waals surface area (Å²) < 4.78 is 32.6. The molecular formula is C24H16ClF2NO5. The summed E-state index contributed by atoms with van der Waals surface area (Å²) in [4.78, 5) is 27.0. The van der Waals surface area contributed by atoms with Crippen LogP contribution in [0, 0.1) is 11.6 Å². The molecule has 1 amide bonds. The first-order chi connectivity index (χ1) is 15.7. The molecule has 6 nitrogen and oxygen atoms in total. The minimum Gasteiger partial charge on any atom is -0.508 e. The molecule has 1 aliphatic rings. The van der Waals surface area contributed by atoms with Crippen LogP contribution in [0.2, 0.25) is 5.02 Å². The summed E-state index contributed by atoms with van der Waals surface area (Å²) in [6.45, 7) is 0. The molecule has 1 atom stereocenters. The van der Waals surface area contributed by atoms with Crippen molar-refractivity contribution in [2.75, 3.05) is 12.0 Å². The number of phenolic OH excluding ortho intramolecular Hbond substituents is 1. The number of hydrogen-bond donors (Lipinski definition) is 2. The first-order valence-electron chi connectivity index (χ1n) is 9.61. The van der Waals surface area contributed by atoms with Crippen LogP contribution in [0.1, 0.15) is 17.2 Å². The van der Waals surface area contributed by atoms with E-state index in [0.717, 1.165) is 23.1 Å². The van der Waals surface area contributed by atoms with Gasteiger partial charge in [-0.25, -0.2) is 8.78 Å². The second kappa shape index (κ2) is 8.55. The molecule has 0 radical (unpaired) electrons. The van der Waals surface area contributed by atoms with Crippen LogP contribution in [-0.4, -0.2) is 29.0 Å². The van der Waals surface area contributed by atoms with Gasteiger partial charge in [0.1, 0.15) is 17.3 Å². The van der Waals surface area contributed by atoms with Crippen LogP contribution in [0.15, 0.2) is 66.2 Å². The molecule has 168 valence electrons. The fourth-order valence-electron chi connectivity index (χ4n) is 3.67. The molecule has 0 spiro atoms. The highest BCUT2D eigenvalue weighted by molar-refractivity contribution is 6.51. The zero-order valence-electron chi connectivity index (χ0n) is 17.1. The molecule has 4 rings (SSSR count). The smallest absolute Gasteiger partial charge is 0.300 e. The van der Waals surface area contributed by atoms with Gasteiger partial charge in [-0.3, -0.25) is 14.5 Å². The van der Waals surface area contributed by atoms with Gasteiger partial charge in [-0.2, -0.15) is 0 Å². The Balaban J connectivity index is 1.94. The van der Waals surface area contributed by atoms with Gasteiger partial charge in [-0.1, -0.05) is 23.7 Å². The second-order valence-corrected chi connectivity index (χ2v) is 7.62. The first kappa shape index (κ1) is 22.3. The van der Waals surface area contributed by atoms with Gasteiger partial charge in [0.25, 0.3) is 11.7 Å². The number of aromatic hydroxyl groups is 1. The van der Waals surface area contributed by atoms with Gasteiger partial charge in [-0.05, 0) is 48.0 Å². The molecule has 0 aliphatic carbocycles. The van der Waals surface area contributed by atoms with Gasteiger partial charge < -0.3 is 14.9 Å². The quantitative estimate of drug-likeness (QED) is 0.319. The van der Waals surface area contributed by atoms with Crippen LogP contribution >= 0.6 is 11.6 Å². The summed E-state index contributed by atoms with van der Waals surface area (Å²) in [6, 6.07) is 11.5. The van der Waals surface area contributed by atoms with Crippen LogP contribution in [0.4, 0.5) is 14.5 Å². The number of benzene rings is 3. The Morgan fingerprint density at radius 2 is 1.70 bits per heavy atom. The van der Waals surface area contributed by atoms with E-state index >= 15 is 0 Å². The molecule has 3 aromatic rings. The second-order valence-electron chi connectivity index (χ2n) is 7.21. The topological polar surface area (TPSA) is 87.1 Å². The van der Waals surface area contributed by atoms with Crippen molar-refractivity contribution >= 4 is 34.7 Å². The molecule has 0 bridgehead atoms. The lowest BCUT2D eigenvalue weighted by Crippen LogP contribution is -2.29. The molecule has 1 unspecified atom stereocenters. The Morgan fingerprint density at radius 1 is 1.00 bits per heavy atom. The van der Waals surface area contributed by atoms with Crippen molar-refractivity contribution in [1.29, 1.82) is 0 Å². The summed E-state index contributed by atoms with van der Waals surface area (Å²) in [6.07, 6.45) is 0. The van der Waals surface area contributed by atoms with Crippen LogP contribution in [0.3, 0.4) is 0 Å². The molecule has 1 fully saturated rings. The first-order valence-corrected chi connectivity index (χ1v) is 9.99. The number of rotatable bonds is 4. The number of carbonyl (C=O) groups excluding carboxylic acids is 2. The highest BCUT2D eigenvalue weighted by Crippen LogP contribution is 2.43. The molecule has 9 heteroatoms. The number of methoxy groups -OCH3 is 1. The molecule has 1 heterocycles. The van der Waals surface area contributed by atoms with E-state index in [1.54, 1.807) is 0 Å². The van der Waals surface area contributed by atoms with E-state index in [9.17, 15) is 28.6 Å². The van der Waals surface area contributed by atoms with E-state index in [-0.39, 0.29) is 27.6 Å². The lowest BCUT2D eigenvalue weighted by Gasteiger charge is -2.25. The summed E-state index contributed by atoms with van der Waals surface area (Å²) in [5.41, 5.74) is 0.128. The average molecular weight is 472 g/mol. The molecule has 0 saturated carbocycles. The van der Waals surface area contributed by atoms with Crippen molar-refractivity contribution in [2.45, 2.75) is 6.04 Å². The number of aliphatic hydroxyl groups excluding tert-OH is 1. The van der Waals surface area contributed by atoms with Crippen LogP contribution in [0.5, 0.6) is 11.5 Å². The Kier molecular flexibility index (Phi) is 5.78. The third-order valence-electron chi connectivity index (χ3n) is 5.26. The summed E-state index contributed by atoms with van der Waals surface area (Å²) in [5.74, 6) is -4.63. The van der Waals surface area contributed by atoms with Crippen LogP contribution in [0.25, 0.3) is 5.76 Å². The Labute approximate surface area is 191 Å². The summed E-state index contributed by atoms with van der Waals surface area (Å²) in [5, 5.41) is 20.9. The molecule has 0 aromatic heterocycles. The van der Waals surface area contributed by atoms with E-state index in [1.165, 1.54) is 49.6 Å². The number of halogens is 3. The number of hydrogen-bond acceptors (Lipinski definition) is 5. The number of ketones is 1. The number of Topliss-reactive ketones (excluding diaryl/α,β-unsaturated/α-hetero) is 1. The third kappa shape index (κ3) is 3.89. The fourth-order valence-corrected chi connectivity index (χ4v) is 3.93. The number of anilines is 1. The normalized spacial score (nSPS) is 17.5. The number of amides is 1. The average Bonchev–Trinajstić information content (AvgIpc) is 3.06. The predicted molar refractivity (Wildman–Crippen MR) is 117 cm³/mol.